The van der Waals surface area contributed by atoms with Crippen molar-refractivity contribution in [3.05, 3.63) is 88.5 Å². The van der Waals surface area contributed by atoms with Gasteiger partial charge in [0.1, 0.15) is 11.6 Å². The zero-order valence-electron chi connectivity index (χ0n) is 18.0. The van der Waals surface area contributed by atoms with Gasteiger partial charge in [0, 0.05) is 23.5 Å². The summed E-state index contributed by atoms with van der Waals surface area (Å²) in [5.74, 6) is -0.235. The van der Waals surface area contributed by atoms with E-state index in [9.17, 15) is 14.0 Å². The lowest BCUT2D eigenvalue weighted by Gasteiger charge is -2.10. The molecule has 0 saturated carbocycles. The number of hydrogen-bond donors (Lipinski definition) is 0. The summed E-state index contributed by atoms with van der Waals surface area (Å²) < 4.78 is 25.4. The van der Waals surface area contributed by atoms with E-state index < -0.39 is 5.97 Å². The molecule has 162 valence electrons. The topological polar surface area (TPSA) is 57.5 Å². The quantitative estimate of drug-likeness (QED) is 0.377. The van der Waals surface area contributed by atoms with Gasteiger partial charge in [0.2, 0.25) is 5.78 Å². The predicted octanol–water partition coefficient (Wildman–Crippen LogP) is 4.46. The number of ketones is 1. The van der Waals surface area contributed by atoms with Gasteiger partial charge in [-0.3, -0.25) is 9.59 Å². The van der Waals surface area contributed by atoms with Crippen LogP contribution in [0.15, 0.2) is 54.6 Å². The van der Waals surface area contributed by atoms with Crippen molar-refractivity contribution in [2.24, 2.45) is 0 Å². The number of nitrogens with zero attached hydrogens (tertiary/aromatic N) is 1. The number of benzene rings is 2. The van der Waals surface area contributed by atoms with Crippen LogP contribution in [0, 0.1) is 19.7 Å². The van der Waals surface area contributed by atoms with Crippen LogP contribution in [0.5, 0.6) is 5.75 Å². The van der Waals surface area contributed by atoms with Gasteiger partial charge in [-0.15, -0.1) is 0 Å². The van der Waals surface area contributed by atoms with Gasteiger partial charge in [-0.2, -0.15) is 0 Å². The second-order valence-electron chi connectivity index (χ2n) is 7.42. The van der Waals surface area contributed by atoms with Crippen LogP contribution in [0.1, 0.15) is 32.9 Å². The third-order valence-corrected chi connectivity index (χ3v) is 5.28. The van der Waals surface area contributed by atoms with E-state index in [1.165, 1.54) is 12.1 Å². The highest BCUT2D eigenvalue weighted by atomic mass is 19.1. The van der Waals surface area contributed by atoms with Gasteiger partial charge in [0.15, 0.2) is 6.61 Å². The average Bonchev–Trinajstić information content (AvgIpc) is 3.05. The molecule has 0 amide bonds. The van der Waals surface area contributed by atoms with Crippen LogP contribution >= 0.6 is 0 Å². The molecule has 0 aliphatic rings. The lowest BCUT2D eigenvalue weighted by Crippen LogP contribution is -2.16. The number of aromatic nitrogens is 1. The van der Waals surface area contributed by atoms with Crippen LogP contribution < -0.4 is 4.74 Å². The maximum absolute atomic E-state index is 13.1. The Kier molecular flexibility index (Phi) is 7.23. The summed E-state index contributed by atoms with van der Waals surface area (Å²) in [6.45, 7) is 4.19. The number of halogens is 1. The third kappa shape index (κ3) is 5.81. The van der Waals surface area contributed by atoms with Crippen molar-refractivity contribution in [3.63, 3.8) is 0 Å². The van der Waals surface area contributed by atoms with Gasteiger partial charge >= 0.3 is 5.97 Å². The molecule has 0 fully saturated rings. The standard InChI is InChI=1S/C25H26FNO4/c1-17-14-23(18(2)27(17)13-12-19-4-8-21(26)9-5-19)24(28)16-31-25(29)15-20-6-10-22(30-3)11-7-20/h4-11,14H,12-13,15-16H2,1-3H3. The molecular formula is C25H26FNO4. The van der Waals surface area contributed by atoms with Crippen LogP contribution in [0.25, 0.3) is 0 Å². The number of carbonyl (C=O) groups is 2. The molecule has 2 aromatic carbocycles. The summed E-state index contributed by atoms with van der Waals surface area (Å²) in [4.78, 5) is 24.7. The Morgan fingerprint density at radius 1 is 0.968 bits per heavy atom. The van der Waals surface area contributed by atoms with E-state index in [-0.39, 0.29) is 24.6 Å². The molecule has 0 saturated heterocycles. The van der Waals surface area contributed by atoms with E-state index in [1.807, 2.05) is 19.9 Å². The molecule has 0 aliphatic heterocycles. The maximum atomic E-state index is 13.1. The summed E-state index contributed by atoms with van der Waals surface area (Å²) in [5, 5.41) is 0. The van der Waals surface area contributed by atoms with Crippen LogP contribution in [0.4, 0.5) is 4.39 Å². The number of carbonyl (C=O) groups excluding carboxylic acids is 2. The van der Waals surface area contributed by atoms with E-state index in [2.05, 4.69) is 4.57 Å². The minimum Gasteiger partial charge on any atom is -0.497 e. The van der Waals surface area contributed by atoms with Gasteiger partial charge in [0.25, 0.3) is 0 Å². The van der Waals surface area contributed by atoms with Crippen molar-refractivity contribution in [2.45, 2.75) is 33.2 Å². The molecule has 1 aromatic heterocycles. The number of rotatable bonds is 9. The molecule has 0 bridgehead atoms. The first-order valence-corrected chi connectivity index (χ1v) is 10.1. The van der Waals surface area contributed by atoms with Crippen molar-refractivity contribution >= 4 is 11.8 Å². The molecule has 0 N–H and O–H groups in total. The number of methoxy groups -OCH3 is 1. The van der Waals surface area contributed by atoms with Crippen LogP contribution in [-0.2, 0) is 28.9 Å². The number of Topliss-reactive ketones (excluding diaryl/α,β-unsaturated/α-hetero) is 1. The molecule has 5 nitrogen and oxygen atoms in total. The van der Waals surface area contributed by atoms with Gasteiger partial charge in [-0.1, -0.05) is 24.3 Å². The minimum atomic E-state index is -0.455. The zero-order chi connectivity index (χ0) is 22.4. The summed E-state index contributed by atoms with van der Waals surface area (Å²) in [7, 11) is 1.58. The van der Waals surface area contributed by atoms with Crippen LogP contribution in [0.3, 0.4) is 0 Å². The zero-order valence-corrected chi connectivity index (χ0v) is 18.0. The van der Waals surface area contributed by atoms with Gasteiger partial charge in [-0.05, 0) is 61.7 Å². The number of esters is 1. The Bertz CT molecular complexity index is 1050. The van der Waals surface area contributed by atoms with Crippen molar-refractivity contribution in [2.75, 3.05) is 13.7 Å². The lowest BCUT2D eigenvalue weighted by molar-refractivity contribution is -0.141. The Morgan fingerprint density at radius 2 is 1.61 bits per heavy atom. The van der Waals surface area contributed by atoms with Crippen LogP contribution in [-0.4, -0.2) is 30.0 Å². The minimum absolute atomic E-state index is 0.0912. The monoisotopic (exact) mass is 423 g/mol. The van der Waals surface area contributed by atoms with Crippen molar-refractivity contribution in [1.29, 1.82) is 0 Å². The Balaban J connectivity index is 1.56. The number of aryl methyl sites for hydroxylation is 2. The molecule has 6 heteroatoms. The summed E-state index contributed by atoms with van der Waals surface area (Å²) >= 11 is 0. The average molecular weight is 423 g/mol. The SMILES string of the molecule is COc1ccc(CC(=O)OCC(=O)c2cc(C)n(CCc3ccc(F)cc3)c2C)cc1. The Morgan fingerprint density at radius 3 is 2.26 bits per heavy atom. The molecule has 1 heterocycles. The first kappa shape index (κ1) is 22.3. The fraction of sp³-hybridized carbons (Fsp3) is 0.280. The highest BCUT2D eigenvalue weighted by molar-refractivity contribution is 5.99. The summed E-state index contributed by atoms with van der Waals surface area (Å²) in [6.07, 6.45) is 0.815. The second kappa shape index (κ2) is 10.1. The van der Waals surface area contributed by atoms with Crippen molar-refractivity contribution < 1.29 is 23.5 Å². The third-order valence-electron chi connectivity index (χ3n) is 5.28. The molecule has 0 spiro atoms. The fourth-order valence-electron chi connectivity index (χ4n) is 3.50. The van der Waals surface area contributed by atoms with Gasteiger partial charge < -0.3 is 14.0 Å². The highest BCUT2D eigenvalue weighted by Gasteiger charge is 2.17. The number of hydrogen-bond acceptors (Lipinski definition) is 4. The Hall–Kier alpha value is -3.41. The smallest absolute Gasteiger partial charge is 0.310 e. The normalized spacial score (nSPS) is 10.7. The van der Waals surface area contributed by atoms with Gasteiger partial charge in [0.05, 0.1) is 13.5 Å². The Labute approximate surface area is 181 Å². The molecule has 0 unspecified atom stereocenters. The highest BCUT2D eigenvalue weighted by Crippen LogP contribution is 2.18. The fourth-order valence-corrected chi connectivity index (χ4v) is 3.50. The molecule has 0 atom stereocenters. The molecule has 0 aliphatic carbocycles. The van der Waals surface area contributed by atoms with Crippen LogP contribution in [0.2, 0.25) is 0 Å². The molecular weight excluding hydrogens is 397 g/mol. The lowest BCUT2D eigenvalue weighted by atomic mass is 10.1. The van der Waals surface area contributed by atoms with E-state index in [0.29, 0.717) is 17.9 Å². The molecule has 3 rings (SSSR count). The summed E-state index contributed by atoms with van der Waals surface area (Å²) in [5.41, 5.74) is 4.14. The second-order valence-corrected chi connectivity index (χ2v) is 7.42. The number of ether oxygens (including phenoxy) is 2. The molecule has 3 aromatic rings. The van der Waals surface area contributed by atoms with Gasteiger partial charge in [-0.25, -0.2) is 4.39 Å². The largest absolute Gasteiger partial charge is 0.497 e. The summed E-state index contributed by atoms with van der Waals surface area (Å²) in [6, 6.07) is 15.4. The van der Waals surface area contributed by atoms with E-state index in [4.69, 9.17) is 9.47 Å². The van der Waals surface area contributed by atoms with E-state index in [1.54, 1.807) is 43.5 Å². The van der Waals surface area contributed by atoms with E-state index in [0.717, 1.165) is 28.9 Å². The maximum Gasteiger partial charge on any atom is 0.310 e. The first-order valence-electron chi connectivity index (χ1n) is 10.1. The van der Waals surface area contributed by atoms with Crippen molar-refractivity contribution in [3.8, 4) is 5.75 Å². The predicted molar refractivity (Wildman–Crippen MR) is 116 cm³/mol. The molecule has 31 heavy (non-hydrogen) atoms. The van der Waals surface area contributed by atoms with Crippen molar-refractivity contribution in [1.82, 2.24) is 4.57 Å². The molecule has 0 radical (unpaired) electrons. The first-order chi connectivity index (χ1) is 14.9. The van der Waals surface area contributed by atoms with E-state index >= 15 is 0 Å².